The average molecular weight is 371 g/mol. The lowest BCUT2D eigenvalue weighted by Crippen LogP contribution is -2.42. The third kappa shape index (κ3) is 9.91. The van der Waals surface area contributed by atoms with Crippen molar-refractivity contribution >= 4 is 15.8 Å². The summed E-state index contributed by atoms with van der Waals surface area (Å²) < 4.78 is 28.0. The smallest absolute Gasteiger partial charge is 0.213 e. The van der Waals surface area contributed by atoms with Crippen molar-refractivity contribution in [2.24, 2.45) is 4.99 Å². The van der Waals surface area contributed by atoms with Crippen molar-refractivity contribution in [2.45, 2.75) is 52.8 Å². The number of hydrogen-bond donors (Lipinski definition) is 2. The Bertz CT molecular complexity index is 642. The number of aromatic nitrogens is 1. The maximum atomic E-state index is 11.3. The van der Waals surface area contributed by atoms with Crippen LogP contribution in [0.4, 0.5) is 0 Å². The minimum absolute atomic E-state index is 0.00691. The third-order valence-corrected chi connectivity index (χ3v) is 4.20. The van der Waals surface area contributed by atoms with Gasteiger partial charge < -0.3 is 15.4 Å². The Morgan fingerprint density at radius 2 is 2.04 bits per heavy atom. The van der Waals surface area contributed by atoms with E-state index in [1.165, 1.54) is 6.26 Å². The Kier molecular flexibility index (Phi) is 8.68. The van der Waals surface area contributed by atoms with E-state index in [0.717, 1.165) is 12.1 Å². The fourth-order valence-electron chi connectivity index (χ4n) is 2.00. The average Bonchev–Trinajstić information content (AvgIpc) is 2.51. The van der Waals surface area contributed by atoms with Crippen molar-refractivity contribution in [2.75, 3.05) is 18.6 Å². The van der Waals surface area contributed by atoms with Crippen molar-refractivity contribution < 1.29 is 13.2 Å². The molecular formula is C17H30N4O3S. The molecule has 2 N–H and O–H groups in total. The molecule has 0 saturated heterocycles. The van der Waals surface area contributed by atoms with Crippen LogP contribution in [0.5, 0.6) is 5.88 Å². The highest BCUT2D eigenvalue weighted by atomic mass is 32.2. The monoisotopic (exact) mass is 370 g/mol. The summed E-state index contributed by atoms with van der Waals surface area (Å²) in [7, 11) is -2.96. The molecule has 0 radical (unpaired) electrons. The number of hydrogen-bond acceptors (Lipinski definition) is 5. The van der Waals surface area contributed by atoms with Crippen molar-refractivity contribution in [3.05, 3.63) is 23.9 Å². The zero-order valence-corrected chi connectivity index (χ0v) is 16.6. The largest absolute Gasteiger partial charge is 0.475 e. The molecular weight excluding hydrogens is 340 g/mol. The molecule has 0 aromatic carbocycles. The van der Waals surface area contributed by atoms with E-state index in [1.807, 2.05) is 39.8 Å². The van der Waals surface area contributed by atoms with Crippen LogP contribution in [0.2, 0.25) is 0 Å². The lowest BCUT2D eigenvalue weighted by atomic mass is 10.2. The van der Waals surface area contributed by atoms with E-state index in [4.69, 9.17) is 4.74 Å². The quantitative estimate of drug-likeness (QED) is 0.508. The van der Waals surface area contributed by atoms with Gasteiger partial charge in [0.05, 0.1) is 18.4 Å². The van der Waals surface area contributed by atoms with Gasteiger partial charge >= 0.3 is 0 Å². The van der Waals surface area contributed by atoms with Crippen LogP contribution in [0.25, 0.3) is 0 Å². The van der Waals surface area contributed by atoms with Gasteiger partial charge in [-0.15, -0.1) is 0 Å². The van der Waals surface area contributed by atoms with Gasteiger partial charge in [-0.05, 0) is 39.7 Å². The molecule has 25 heavy (non-hydrogen) atoms. The van der Waals surface area contributed by atoms with E-state index in [2.05, 4.69) is 20.6 Å². The van der Waals surface area contributed by atoms with Crippen molar-refractivity contribution in [1.29, 1.82) is 0 Å². The maximum Gasteiger partial charge on any atom is 0.213 e. The van der Waals surface area contributed by atoms with Crippen molar-refractivity contribution in [3.8, 4) is 5.88 Å². The molecule has 1 atom stereocenters. The summed E-state index contributed by atoms with van der Waals surface area (Å²) in [5, 5.41) is 6.39. The molecule has 0 spiro atoms. The first kappa shape index (κ1) is 21.2. The Morgan fingerprint density at radius 3 is 2.56 bits per heavy atom. The molecule has 8 heteroatoms. The number of nitrogens with one attached hydrogen (secondary N) is 2. The summed E-state index contributed by atoms with van der Waals surface area (Å²) in [4.78, 5) is 8.78. The highest BCUT2D eigenvalue weighted by Gasteiger charge is 2.09. The molecule has 1 aromatic heterocycles. The molecule has 142 valence electrons. The number of guanidine groups is 1. The predicted molar refractivity (Wildman–Crippen MR) is 102 cm³/mol. The molecule has 0 aliphatic heterocycles. The zero-order chi connectivity index (χ0) is 18.9. The van der Waals surface area contributed by atoms with Gasteiger partial charge in [0.25, 0.3) is 0 Å². The number of aliphatic imine (C=N–C) groups is 1. The molecule has 0 bridgehead atoms. The number of rotatable bonds is 9. The predicted octanol–water partition coefficient (Wildman–Crippen LogP) is 1.75. The molecule has 0 aliphatic carbocycles. The molecule has 1 rings (SSSR count). The Labute approximate surface area is 151 Å². The van der Waals surface area contributed by atoms with Crippen LogP contribution < -0.4 is 15.4 Å². The number of ether oxygens (including phenoxy) is 1. The van der Waals surface area contributed by atoms with Crippen LogP contribution in [0.1, 0.15) is 39.7 Å². The number of pyridine rings is 1. The van der Waals surface area contributed by atoms with Crippen LogP contribution in [0.3, 0.4) is 0 Å². The first-order valence-corrected chi connectivity index (χ1v) is 10.6. The van der Waals surface area contributed by atoms with Gasteiger partial charge in [0, 0.05) is 31.1 Å². The lowest BCUT2D eigenvalue weighted by molar-refractivity contribution is 0.232. The first-order valence-electron chi connectivity index (χ1n) is 8.53. The van der Waals surface area contributed by atoms with Crippen LogP contribution in [-0.2, 0) is 16.4 Å². The summed E-state index contributed by atoms with van der Waals surface area (Å²) in [5.74, 6) is 1.41. The molecule has 1 heterocycles. The van der Waals surface area contributed by atoms with Gasteiger partial charge in [0.1, 0.15) is 9.84 Å². The molecule has 1 aromatic rings. The maximum absolute atomic E-state index is 11.3. The van der Waals surface area contributed by atoms with Gasteiger partial charge in [-0.25, -0.2) is 18.4 Å². The van der Waals surface area contributed by atoms with E-state index >= 15 is 0 Å². The van der Waals surface area contributed by atoms with Gasteiger partial charge in [0.15, 0.2) is 5.96 Å². The van der Waals surface area contributed by atoms with Crippen LogP contribution in [0.15, 0.2) is 23.3 Å². The first-order chi connectivity index (χ1) is 11.7. The fraction of sp³-hybridized carbons (Fsp3) is 0.647. The van der Waals surface area contributed by atoms with Crippen LogP contribution >= 0.6 is 0 Å². The van der Waals surface area contributed by atoms with Crippen molar-refractivity contribution in [3.63, 3.8) is 0 Å². The molecule has 0 saturated carbocycles. The molecule has 0 fully saturated rings. The molecule has 7 nitrogen and oxygen atoms in total. The molecule has 0 amide bonds. The summed E-state index contributed by atoms with van der Waals surface area (Å²) in [6, 6.07) is 3.78. The summed E-state index contributed by atoms with van der Waals surface area (Å²) in [6.07, 6.45) is 3.62. The van der Waals surface area contributed by atoms with Crippen molar-refractivity contribution in [1.82, 2.24) is 15.6 Å². The standard InChI is InChI=1S/C17H30N4O3S/c1-6-18-17(21-14(4)9-10-25(5,22)23)20-12-15-7-8-16(19-11-15)24-13(2)3/h7-8,11,13-14H,6,9-10,12H2,1-5H3,(H2,18,20,21). The van der Waals surface area contributed by atoms with Gasteiger partial charge in [0.2, 0.25) is 5.88 Å². The van der Waals surface area contributed by atoms with E-state index in [9.17, 15) is 8.42 Å². The normalized spacial score (nSPS) is 13.6. The molecule has 0 aliphatic rings. The lowest BCUT2D eigenvalue weighted by Gasteiger charge is -2.17. The van der Waals surface area contributed by atoms with E-state index < -0.39 is 9.84 Å². The Morgan fingerprint density at radius 1 is 1.32 bits per heavy atom. The van der Waals surface area contributed by atoms with Gasteiger partial charge in [-0.3, -0.25) is 0 Å². The van der Waals surface area contributed by atoms with Gasteiger partial charge in [-0.2, -0.15) is 0 Å². The minimum Gasteiger partial charge on any atom is -0.475 e. The minimum atomic E-state index is -2.96. The topological polar surface area (TPSA) is 92.7 Å². The third-order valence-electron chi connectivity index (χ3n) is 3.22. The summed E-state index contributed by atoms with van der Waals surface area (Å²) >= 11 is 0. The van der Waals surface area contributed by atoms with E-state index in [-0.39, 0.29) is 17.9 Å². The number of sulfone groups is 1. The number of nitrogens with zero attached hydrogens (tertiary/aromatic N) is 2. The van der Waals surface area contributed by atoms with E-state index in [1.54, 1.807) is 6.20 Å². The Hall–Kier alpha value is -1.83. The summed E-state index contributed by atoms with van der Waals surface area (Å²) in [5.41, 5.74) is 0.970. The van der Waals surface area contributed by atoms with Gasteiger partial charge in [-0.1, -0.05) is 6.07 Å². The van der Waals surface area contributed by atoms with Crippen LogP contribution in [-0.4, -0.2) is 50.1 Å². The molecule has 1 unspecified atom stereocenters. The van der Waals surface area contributed by atoms with E-state index in [0.29, 0.717) is 24.8 Å². The zero-order valence-electron chi connectivity index (χ0n) is 15.7. The second kappa shape index (κ2) is 10.2. The Balaban J connectivity index is 2.62. The van der Waals surface area contributed by atoms with Crippen LogP contribution in [0, 0.1) is 0 Å². The fourth-order valence-corrected chi connectivity index (χ4v) is 2.78. The highest BCUT2D eigenvalue weighted by molar-refractivity contribution is 7.90. The second-order valence-corrected chi connectivity index (χ2v) is 8.59. The second-order valence-electron chi connectivity index (χ2n) is 6.33. The highest BCUT2D eigenvalue weighted by Crippen LogP contribution is 2.10. The SMILES string of the molecule is CCNC(=NCc1ccc(OC(C)C)nc1)NC(C)CCS(C)(=O)=O. The summed E-state index contributed by atoms with van der Waals surface area (Å²) in [6.45, 7) is 9.04.